The summed E-state index contributed by atoms with van der Waals surface area (Å²) >= 11 is 0. The number of hydrogen-bond donors (Lipinski definition) is 3. The quantitative estimate of drug-likeness (QED) is 0.559. The lowest BCUT2D eigenvalue weighted by atomic mass is 9.94. The van der Waals surface area contributed by atoms with Crippen molar-refractivity contribution in [2.24, 2.45) is 5.73 Å². The zero-order valence-electron chi connectivity index (χ0n) is 19.1. The molecule has 32 heavy (non-hydrogen) atoms. The minimum absolute atomic E-state index is 0.0445. The van der Waals surface area contributed by atoms with E-state index in [-0.39, 0.29) is 17.7 Å². The molecule has 0 aliphatic carbocycles. The van der Waals surface area contributed by atoms with Crippen LogP contribution >= 0.6 is 0 Å². The summed E-state index contributed by atoms with van der Waals surface area (Å²) in [6, 6.07) is 12.8. The molecule has 6 heteroatoms. The van der Waals surface area contributed by atoms with Crippen molar-refractivity contribution in [2.75, 3.05) is 6.54 Å². The second-order valence-electron chi connectivity index (χ2n) is 8.87. The summed E-state index contributed by atoms with van der Waals surface area (Å²) < 4.78 is 0. The van der Waals surface area contributed by atoms with E-state index in [2.05, 4.69) is 17.1 Å². The molecule has 4 N–H and O–H groups in total. The summed E-state index contributed by atoms with van der Waals surface area (Å²) in [5, 5.41) is 9.82. The van der Waals surface area contributed by atoms with Gasteiger partial charge < -0.3 is 20.7 Å². The van der Waals surface area contributed by atoms with Gasteiger partial charge in [-0.25, -0.2) is 4.98 Å². The molecule has 1 aromatic heterocycles. The highest BCUT2D eigenvalue weighted by Crippen LogP contribution is 2.33. The van der Waals surface area contributed by atoms with Crippen LogP contribution in [0.1, 0.15) is 53.5 Å². The number of carbonyl (C=O) groups excluding carboxylic acids is 1. The van der Waals surface area contributed by atoms with E-state index in [1.54, 1.807) is 12.1 Å². The minimum Gasteiger partial charge on any atom is -0.508 e. The van der Waals surface area contributed by atoms with E-state index in [1.807, 2.05) is 43.9 Å². The maximum atomic E-state index is 13.4. The zero-order valence-corrected chi connectivity index (χ0v) is 19.1. The van der Waals surface area contributed by atoms with E-state index in [9.17, 15) is 9.90 Å². The fourth-order valence-corrected chi connectivity index (χ4v) is 4.81. The van der Waals surface area contributed by atoms with Gasteiger partial charge in [0.1, 0.15) is 11.6 Å². The minimum atomic E-state index is -0.637. The van der Waals surface area contributed by atoms with Crippen LogP contribution in [0.15, 0.2) is 42.5 Å². The van der Waals surface area contributed by atoms with Gasteiger partial charge in [-0.3, -0.25) is 4.79 Å². The second-order valence-corrected chi connectivity index (χ2v) is 8.87. The first kappa shape index (κ1) is 22.1. The summed E-state index contributed by atoms with van der Waals surface area (Å²) in [4.78, 5) is 23.7. The number of hydrogen-bond acceptors (Lipinski definition) is 4. The zero-order chi connectivity index (χ0) is 22.8. The van der Waals surface area contributed by atoms with Gasteiger partial charge in [0.2, 0.25) is 5.91 Å². The number of aryl methyl sites for hydroxylation is 3. The van der Waals surface area contributed by atoms with Gasteiger partial charge in [-0.1, -0.05) is 30.3 Å². The molecule has 1 aliphatic heterocycles. The summed E-state index contributed by atoms with van der Waals surface area (Å²) in [6.45, 7) is 6.60. The molecule has 0 unspecified atom stereocenters. The lowest BCUT2D eigenvalue weighted by molar-refractivity contribution is -0.136. The Morgan fingerprint density at radius 2 is 1.88 bits per heavy atom. The van der Waals surface area contributed by atoms with Crippen molar-refractivity contribution in [3.8, 4) is 17.0 Å². The number of aromatic hydroxyl groups is 1. The van der Waals surface area contributed by atoms with Crippen LogP contribution in [0.25, 0.3) is 11.3 Å². The van der Waals surface area contributed by atoms with Gasteiger partial charge in [-0.05, 0) is 75.3 Å². The second kappa shape index (κ2) is 9.17. The van der Waals surface area contributed by atoms with Crippen LogP contribution in [0.5, 0.6) is 5.75 Å². The summed E-state index contributed by atoms with van der Waals surface area (Å²) in [5.41, 5.74) is 12.4. The number of likely N-dealkylation sites (tertiary alicyclic amines) is 1. The van der Waals surface area contributed by atoms with E-state index in [4.69, 9.17) is 10.7 Å². The van der Waals surface area contributed by atoms with E-state index >= 15 is 0 Å². The molecule has 2 atom stereocenters. The molecule has 3 aromatic rings. The van der Waals surface area contributed by atoms with E-state index in [0.29, 0.717) is 13.0 Å². The van der Waals surface area contributed by atoms with Gasteiger partial charge in [0.15, 0.2) is 0 Å². The Bertz CT molecular complexity index is 1080. The van der Waals surface area contributed by atoms with Crippen LogP contribution in [0.4, 0.5) is 0 Å². The number of nitrogens with two attached hydrogens (primary N) is 1. The molecular weight excluding hydrogens is 400 g/mol. The number of nitrogens with one attached hydrogen (secondary N) is 1. The predicted molar refractivity (Wildman–Crippen MR) is 126 cm³/mol. The standard InChI is InChI=1S/C26H32N4O2/c1-16-13-20(31)14-17(2)21(16)15-22(27)26(32)30-12-8-7-11-23(30)25-28-18(3)24(29-25)19-9-5-4-6-10-19/h4-6,9-10,13-14,22-23,31H,7-8,11-12,15,27H2,1-3H3,(H,28,29)/t22-,23-/m0/s1. The average molecular weight is 433 g/mol. The maximum Gasteiger partial charge on any atom is 0.240 e. The molecule has 1 fully saturated rings. The summed E-state index contributed by atoms with van der Waals surface area (Å²) in [5.74, 6) is 1.03. The molecule has 0 saturated carbocycles. The SMILES string of the molecule is Cc1cc(O)cc(C)c1C[C@H](N)C(=O)N1CCCC[C@H]1c1nc(-c2ccccc2)c(C)[nH]1. The number of piperidine rings is 1. The van der Waals surface area contributed by atoms with Gasteiger partial charge in [0.25, 0.3) is 0 Å². The first-order valence-corrected chi connectivity index (χ1v) is 11.3. The van der Waals surface area contributed by atoms with Crippen molar-refractivity contribution in [3.63, 3.8) is 0 Å². The number of rotatable bonds is 5. The number of phenols is 1. The third-order valence-corrected chi connectivity index (χ3v) is 6.47. The highest BCUT2D eigenvalue weighted by molar-refractivity contribution is 5.82. The van der Waals surface area contributed by atoms with Crippen molar-refractivity contribution in [1.29, 1.82) is 0 Å². The number of phenolic OH excluding ortho intramolecular Hbond substituents is 1. The molecule has 0 bridgehead atoms. The smallest absolute Gasteiger partial charge is 0.240 e. The Balaban J connectivity index is 1.57. The molecule has 6 nitrogen and oxygen atoms in total. The van der Waals surface area contributed by atoms with Gasteiger partial charge in [0, 0.05) is 17.8 Å². The number of carbonyl (C=O) groups is 1. The Morgan fingerprint density at radius 1 is 1.19 bits per heavy atom. The molecular formula is C26H32N4O2. The van der Waals surface area contributed by atoms with Crippen LogP contribution in [-0.4, -0.2) is 38.5 Å². The highest BCUT2D eigenvalue weighted by Gasteiger charge is 2.33. The molecule has 2 heterocycles. The first-order valence-electron chi connectivity index (χ1n) is 11.3. The fourth-order valence-electron chi connectivity index (χ4n) is 4.81. The number of amides is 1. The van der Waals surface area contributed by atoms with Crippen molar-refractivity contribution in [1.82, 2.24) is 14.9 Å². The van der Waals surface area contributed by atoms with Crippen LogP contribution in [0, 0.1) is 20.8 Å². The monoisotopic (exact) mass is 432 g/mol. The highest BCUT2D eigenvalue weighted by atomic mass is 16.3. The molecule has 1 saturated heterocycles. The van der Waals surface area contributed by atoms with Crippen LogP contribution in [-0.2, 0) is 11.2 Å². The average Bonchev–Trinajstić information content (AvgIpc) is 3.17. The number of imidazole rings is 1. The topological polar surface area (TPSA) is 95.2 Å². The van der Waals surface area contributed by atoms with Gasteiger partial charge in [-0.2, -0.15) is 0 Å². The molecule has 1 amide bonds. The molecule has 168 valence electrons. The molecule has 1 aliphatic rings. The van der Waals surface area contributed by atoms with Gasteiger partial charge in [-0.15, -0.1) is 0 Å². The Morgan fingerprint density at radius 3 is 2.56 bits per heavy atom. The molecule has 4 rings (SSSR count). The van der Waals surface area contributed by atoms with Crippen molar-refractivity contribution < 1.29 is 9.90 Å². The largest absolute Gasteiger partial charge is 0.508 e. The first-order chi connectivity index (χ1) is 15.3. The number of aromatic amines is 1. The van der Waals surface area contributed by atoms with Crippen molar-refractivity contribution in [2.45, 2.75) is 58.5 Å². The Kier molecular flexibility index (Phi) is 6.33. The number of H-pyrrole nitrogens is 1. The third-order valence-electron chi connectivity index (χ3n) is 6.47. The van der Waals surface area contributed by atoms with Gasteiger partial charge >= 0.3 is 0 Å². The van der Waals surface area contributed by atoms with Gasteiger partial charge in [0.05, 0.1) is 17.8 Å². The predicted octanol–water partition coefficient (Wildman–Crippen LogP) is 4.33. The lowest BCUT2D eigenvalue weighted by Gasteiger charge is -2.36. The molecule has 2 aromatic carbocycles. The fraction of sp³-hybridized carbons (Fsp3) is 0.385. The number of benzene rings is 2. The molecule has 0 radical (unpaired) electrons. The van der Waals surface area contributed by atoms with Crippen LogP contribution in [0.3, 0.4) is 0 Å². The summed E-state index contributed by atoms with van der Waals surface area (Å²) in [7, 11) is 0. The number of nitrogens with zero attached hydrogens (tertiary/aromatic N) is 2. The Labute approximate surface area is 189 Å². The van der Waals surface area contributed by atoms with E-state index < -0.39 is 6.04 Å². The summed E-state index contributed by atoms with van der Waals surface area (Å²) in [6.07, 6.45) is 3.35. The van der Waals surface area contributed by atoms with Crippen molar-refractivity contribution in [3.05, 3.63) is 70.7 Å². The number of aromatic nitrogens is 2. The third kappa shape index (κ3) is 4.41. The maximum absolute atomic E-state index is 13.4. The van der Waals surface area contributed by atoms with Crippen molar-refractivity contribution >= 4 is 5.91 Å². The van der Waals surface area contributed by atoms with Crippen LogP contribution in [0.2, 0.25) is 0 Å². The molecule has 0 spiro atoms. The van der Waals surface area contributed by atoms with E-state index in [1.165, 1.54) is 0 Å². The lowest BCUT2D eigenvalue weighted by Crippen LogP contribution is -2.48. The van der Waals surface area contributed by atoms with Crippen LogP contribution < -0.4 is 5.73 Å². The Hall–Kier alpha value is -3.12. The van der Waals surface area contributed by atoms with E-state index in [0.717, 1.165) is 58.7 Å². The normalized spacial score (nSPS) is 17.4.